The molecule has 6 nitrogen and oxygen atoms in total. The number of ether oxygens (including phenoxy) is 4. The number of para-hydroxylation sites is 4. The molecule has 7 rings (SSSR count). The highest BCUT2D eigenvalue weighted by Crippen LogP contribution is 2.46. The van der Waals surface area contributed by atoms with Crippen molar-refractivity contribution in [3.63, 3.8) is 0 Å². The molecule has 2 heterocycles. The Bertz CT molecular complexity index is 2130. The summed E-state index contributed by atoms with van der Waals surface area (Å²) in [6.45, 7) is 16.2. The molecule has 1 aliphatic heterocycles. The molecule has 0 fully saturated rings. The fourth-order valence-corrected chi connectivity index (χ4v) is 8.09. The molecule has 1 aromatic heterocycles. The average Bonchev–Trinajstić information content (AvgIpc) is 3.60. The second-order valence-corrected chi connectivity index (χ2v) is 16.9. The van der Waals surface area contributed by atoms with Crippen LogP contribution in [0.1, 0.15) is 132 Å². The van der Waals surface area contributed by atoms with Gasteiger partial charge in [-0.3, -0.25) is 0 Å². The molecule has 6 aromatic rings. The quantitative estimate of drug-likeness (QED) is 0.0600. The summed E-state index contributed by atoms with van der Waals surface area (Å²) < 4.78 is 30.6. The van der Waals surface area contributed by atoms with Gasteiger partial charge in [-0.1, -0.05) is 114 Å². The third-order valence-corrected chi connectivity index (χ3v) is 11.7. The van der Waals surface area contributed by atoms with Crippen LogP contribution in [-0.4, -0.2) is 26.4 Å². The van der Waals surface area contributed by atoms with Crippen molar-refractivity contribution in [1.29, 1.82) is 0 Å². The van der Waals surface area contributed by atoms with E-state index in [1.807, 2.05) is 24.3 Å². The highest BCUT2D eigenvalue weighted by molar-refractivity contribution is 6.06. The van der Waals surface area contributed by atoms with Crippen LogP contribution in [-0.2, 0) is 0 Å². The monoisotopic (exact) mass is 826 g/mol. The van der Waals surface area contributed by atoms with Gasteiger partial charge >= 0.3 is 0 Å². The molecule has 0 spiro atoms. The summed E-state index contributed by atoms with van der Waals surface area (Å²) in [6.07, 6.45) is 18.6. The maximum atomic E-state index is 6.17. The van der Waals surface area contributed by atoms with Crippen molar-refractivity contribution < 1.29 is 23.4 Å². The maximum Gasteiger partial charge on any atom is 0.151 e. The Morgan fingerprint density at radius 3 is 1.39 bits per heavy atom. The number of benzene rings is 5. The molecule has 0 unspecified atom stereocenters. The lowest BCUT2D eigenvalue weighted by atomic mass is 10.1. The molecule has 0 aliphatic carbocycles. The Labute approximate surface area is 366 Å². The molecule has 0 saturated carbocycles. The first-order valence-corrected chi connectivity index (χ1v) is 23.4. The zero-order chi connectivity index (χ0) is 42.8. The highest BCUT2D eigenvalue weighted by Gasteiger charge is 2.23. The third kappa shape index (κ3) is 13.0. The van der Waals surface area contributed by atoms with Gasteiger partial charge in [0, 0.05) is 17.3 Å². The van der Waals surface area contributed by atoms with E-state index in [0.29, 0.717) is 0 Å². The van der Waals surface area contributed by atoms with Crippen LogP contribution in [0.3, 0.4) is 0 Å². The van der Waals surface area contributed by atoms with Crippen molar-refractivity contribution in [3.8, 4) is 28.7 Å². The first-order chi connectivity index (χ1) is 29.9. The molecule has 61 heavy (non-hydrogen) atoms. The SMILES string of the molecule is CCCCCCCCOc1cc2c(cc1C)oc1cc(C)c(OCCCCCCCC)cc12.Cc1ccc(C)c(OCCCCCN2c3ccccc3Oc3ccccc32)c1. The van der Waals surface area contributed by atoms with Crippen molar-refractivity contribution in [3.05, 3.63) is 113 Å². The van der Waals surface area contributed by atoms with Gasteiger partial charge in [-0.05, 0) is 137 Å². The van der Waals surface area contributed by atoms with Gasteiger partial charge in [0.05, 0.1) is 31.2 Å². The smallest absolute Gasteiger partial charge is 0.151 e. The van der Waals surface area contributed by atoms with Crippen LogP contribution in [0.2, 0.25) is 0 Å². The predicted molar refractivity (Wildman–Crippen MR) is 256 cm³/mol. The number of hydrogen-bond acceptors (Lipinski definition) is 6. The summed E-state index contributed by atoms with van der Waals surface area (Å²) in [4.78, 5) is 2.37. The number of rotatable bonds is 23. The third-order valence-electron chi connectivity index (χ3n) is 11.7. The molecule has 6 heteroatoms. The van der Waals surface area contributed by atoms with Crippen molar-refractivity contribution >= 4 is 33.3 Å². The Morgan fingerprint density at radius 1 is 0.443 bits per heavy atom. The molecule has 5 aromatic carbocycles. The number of hydrogen-bond donors (Lipinski definition) is 0. The summed E-state index contributed by atoms with van der Waals surface area (Å²) in [5, 5.41) is 2.22. The minimum absolute atomic E-state index is 0.764. The minimum Gasteiger partial charge on any atom is -0.493 e. The van der Waals surface area contributed by atoms with Gasteiger partial charge in [0.1, 0.15) is 28.4 Å². The van der Waals surface area contributed by atoms with Gasteiger partial charge in [-0.2, -0.15) is 0 Å². The summed E-state index contributed by atoms with van der Waals surface area (Å²) in [6, 6.07) is 31.4. The van der Waals surface area contributed by atoms with E-state index in [0.717, 1.165) is 132 Å². The van der Waals surface area contributed by atoms with Gasteiger partial charge in [-0.25, -0.2) is 0 Å². The van der Waals surface area contributed by atoms with E-state index in [1.54, 1.807) is 0 Å². The average molecular weight is 826 g/mol. The number of aryl methyl sites for hydroxylation is 4. The summed E-state index contributed by atoms with van der Waals surface area (Å²) in [7, 11) is 0. The van der Waals surface area contributed by atoms with Crippen LogP contribution in [0.25, 0.3) is 21.9 Å². The predicted octanol–water partition coefficient (Wildman–Crippen LogP) is 16.5. The minimum atomic E-state index is 0.764. The van der Waals surface area contributed by atoms with E-state index < -0.39 is 0 Å². The van der Waals surface area contributed by atoms with E-state index in [1.165, 1.54) is 75.3 Å². The molecule has 0 atom stereocenters. The van der Waals surface area contributed by atoms with Crippen LogP contribution in [0.4, 0.5) is 11.4 Å². The van der Waals surface area contributed by atoms with Crippen molar-refractivity contribution in [2.75, 3.05) is 31.3 Å². The van der Waals surface area contributed by atoms with Crippen LogP contribution < -0.4 is 23.8 Å². The molecule has 0 bridgehead atoms. The lowest BCUT2D eigenvalue weighted by Crippen LogP contribution is -2.22. The fraction of sp³-hybridized carbons (Fsp3) is 0.455. The first kappa shape index (κ1) is 45.4. The largest absolute Gasteiger partial charge is 0.493 e. The van der Waals surface area contributed by atoms with Gasteiger partial charge in [0.25, 0.3) is 0 Å². The van der Waals surface area contributed by atoms with E-state index in [2.05, 4.69) is 113 Å². The molecular formula is C55H71NO5. The van der Waals surface area contributed by atoms with E-state index >= 15 is 0 Å². The molecule has 326 valence electrons. The molecule has 0 radical (unpaired) electrons. The van der Waals surface area contributed by atoms with Gasteiger partial charge in [0.2, 0.25) is 0 Å². The standard InChI is InChI=1S/C30H44O3.C25H27NO2/c1-5-7-9-11-13-15-17-31-27-21-25-26-22-28(32-18-16-14-12-10-8-6-2)24(4)20-30(26)33-29(25)19-23(27)3;1-19-14-15-20(2)25(18-19)27-17-9-3-8-16-26-21-10-4-6-12-23(21)28-24-13-7-5-11-22(24)26/h19-22H,5-18H2,1-4H3;4-7,10-15,18H,3,8-9,16-17H2,1-2H3. The Morgan fingerprint density at radius 2 is 0.885 bits per heavy atom. The zero-order valence-corrected chi connectivity index (χ0v) is 38.1. The van der Waals surface area contributed by atoms with Crippen LogP contribution in [0.15, 0.2) is 95.4 Å². The molecule has 0 N–H and O–H groups in total. The van der Waals surface area contributed by atoms with Gasteiger partial charge < -0.3 is 28.3 Å². The number of unbranched alkanes of at least 4 members (excludes halogenated alkanes) is 12. The van der Waals surface area contributed by atoms with E-state index in [9.17, 15) is 0 Å². The van der Waals surface area contributed by atoms with Crippen LogP contribution >= 0.6 is 0 Å². The van der Waals surface area contributed by atoms with Crippen LogP contribution in [0, 0.1) is 27.7 Å². The number of anilines is 2. The fourth-order valence-electron chi connectivity index (χ4n) is 8.09. The Balaban J connectivity index is 0.000000206. The van der Waals surface area contributed by atoms with Crippen LogP contribution in [0.5, 0.6) is 28.7 Å². The molecule has 0 saturated heterocycles. The number of furan rings is 1. The van der Waals surface area contributed by atoms with Crippen molar-refractivity contribution in [1.82, 2.24) is 0 Å². The van der Waals surface area contributed by atoms with E-state index in [4.69, 9.17) is 23.4 Å². The summed E-state index contributed by atoms with van der Waals surface area (Å²) in [5.74, 6) is 4.80. The second kappa shape index (κ2) is 23.8. The number of nitrogens with zero attached hydrogens (tertiary/aromatic N) is 1. The topological polar surface area (TPSA) is 53.3 Å². The molecule has 1 aliphatic rings. The molecular weight excluding hydrogens is 755 g/mol. The van der Waals surface area contributed by atoms with Crippen molar-refractivity contribution in [2.24, 2.45) is 0 Å². The van der Waals surface area contributed by atoms with Crippen molar-refractivity contribution in [2.45, 2.75) is 138 Å². The highest BCUT2D eigenvalue weighted by atomic mass is 16.5. The Kier molecular flexibility index (Phi) is 17.7. The maximum absolute atomic E-state index is 6.17. The zero-order valence-electron chi connectivity index (χ0n) is 38.1. The number of fused-ring (bicyclic) bond motifs is 5. The Hall–Kier alpha value is -5.10. The van der Waals surface area contributed by atoms with Gasteiger partial charge in [-0.15, -0.1) is 0 Å². The normalized spacial score (nSPS) is 11.8. The van der Waals surface area contributed by atoms with E-state index in [-0.39, 0.29) is 0 Å². The lowest BCUT2D eigenvalue weighted by molar-refractivity contribution is 0.302. The summed E-state index contributed by atoms with van der Waals surface area (Å²) in [5.41, 5.74) is 8.83. The summed E-state index contributed by atoms with van der Waals surface area (Å²) >= 11 is 0. The second-order valence-electron chi connectivity index (χ2n) is 16.9. The lowest BCUT2D eigenvalue weighted by Gasteiger charge is -2.32. The first-order valence-electron chi connectivity index (χ1n) is 23.4. The van der Waals surface area contributed by atoms with Gasteiger partial charge in [0.15, 0.2) is 11.5 Å². The molecule has 0 amide bonds.